The number of morpholine rings is 1. The minimum atomic E-state index is -0.475. The van der Waals surface area contributed by atoms with Crippen LogP contribution in [0.25, 0.3) is 0 Å². The van der Waals surface area contributed by atoms with E-state index in [-0.39, 0.29) is 17.6 Å². The number of carbonyl (C=O) groups is 1. The number of rotatable bonds is 4. The highest BCUT2D eigenvalue weighted by Gasteiger charge is 2.27. The maximum Gasteiger partial charge on any atom is 0.270 e. The maximum absolute atomic E-state index is 12.3. The molecular weight excluding hydrogens is 274 g/mol. The molecule has 1 amide bonds. The number of non-ortho nitro benzene ring substituents is 1. The first-order valence-corrected chi connectivity index (χ1v) is 7.07. The molecule has 0 spiro atoms. The summed E-state index contributed by atoms with van der Waals surface area (Å²) >= 11 is 0. The fourth-order valence-corrected chi connectivity index (χ4v) is 2.39. The van der Waals surface area contributed by atoms with Gasteiger partial charge in [0.05, 0.1) is 29.4 Å². The normalized spacial score (nSPS) is 18.4. The van der Waals surface area contributed by atoms with E-state index in [4.69, 9.17) is 4.74 Å². The van der Waals surface area contributed by atoms with Gasteiger partial charge in [-0.2, -0.15) is 0 Å². The Bertz CT molecular complexity index is 565. The Morgan fingerprint density at radius 2 is 2.05 bits per heavy atom. The van der Waals surface area contributed by atoms with E-state index < -0.39 is 4.92 Å². The van der Waals surface area contributed by atoms with E-state index in [2.05, 4.69) is 5.32 Å². The SMILES string of the molecule is O=C(NC1CC1)c1cc([N+](=O)[O-])ccc1N1CCOCC1. The van der Waals surface area contributed by atoms with Crippen molar-refractivity contribution in [3.63, 3.8) is 0 Å². The topological polar surface area (TPSA) is 84.7 Å². The number of ether oxygens (including phenoxy) is 1. The Hall–Kier alpha value is -2.15. The number of carbonyl (C=O) groups excluding carboxylic acids is 1. The van der Waals surface area contributed by atoms with Gasteiger partial charge in [-0.3, -0.25) is 14.9 Å². The van der Waals surface area contributed by atoms with Crippen LogP contribution in [0.3, 0.4) is 0 Å². The highest BCUT2D eigenvalue weighted by molar-refractivity contribution is 6.00. The molecule has 1 N–H and O–H groups in total. The van der Waals surface area contributed by atoms with Crippen LogP contribution in [-0.2, 0) is 4.74 Å². The molecule has 7 heteroatoms. The summed E-state index contributed by atoms with van der Waals surface area (Å²) in [4.78, 5) is 24.8. The number of nitro groups is 1. The minimum absolute atomic E-state index is 0.0621. The quantitative estimate of drug-likeness (QED) is 0.668. The Labute approximate surface area is 122 Å². The molecule has 3 rings (SSSR count). The predicted octanol–water partition coefficient (Wildman–Crippen LogP) is 1.32. The molecule has 1 aliphatic carbocycles. The van der Waals surface area contributed by atoms with Crippen LogP contribution < -0.4 is 10.2 Å². The molecule has 0 unspecified atom stereocenters. The van der Waals surface area contributed by atoms with E-state index in [1.165, 1.54) is 12.1 Å². The van der Waals surface area contributed by atoms with Gasteiger partial charge in [0.2, 0.25) is 0 Å². The number of anilines is 1. The molecule has 0 aromatic heterocycles. The van der Waals surface area contributed by atoms with E-state index in [0.29, 0.717) is 31.9 Å². The molecule has 1 saturated carbocycles. The van der Waals surface area contributed by atoms with Gasteiger partial charge < -0.3 is 15.0 Å². The number of nitrogens with one attached hydrogen (secondary N) is 1. The number of nitro benzene ring substituents is 1. The molecule has 112 valence electrons. The van der Waals surface area contributed by atoms with Crippen molar-refractivity contribution >= 4 is 17.3 Å². The van der Waals surface area contributed by atoms with E-state index >= 15 is 0 Å². The summed E-state index contributed by atoms with van der Waals surface area (Å²) in [5, 5.41) is 13.8. The maximum atomic E-state index is 12.3. The van der Waals surface area contributed by atoms with E-state index in [9.17, 15) is 14.9 Å². The number of nitrogens with zero attached hydrogens (tertiary/aromatic N) is 2. The van der Waals surface area contributed by atoms with Crippen molar-refractivity contribution < 1.29 is 14.5 Å². The van der Waals surface area contributed by atoms with Crippen LogP contribution in [-0.4, -0.2) is 43.2 Å². The van der Waals surface area contributed by atoms with Crippen molar-refractivity contribution in [1.82, 2.24) is 5.32 Å². The molecule has 1 heterocycles. The van der Waals surface area contributed by atoms with Crippen molar-refractivity contribution in [2.45, 2.75) is 18.9 Å². The predicted molar refractivity (Wildman–Crippen MR) is 76.6 cm³/mol. The number of hydrogen-bond acceptors (Lipinski definition) is 5. The molecule has 1 aromatic carbocycles. The molecule has 1 saturated heterocycles. The molecule has 1 aliphatic heterocycles. The Balaban J connectivity index is 1.92. The third-order valence-corrected chi connectivity index (χ3v) is 3.70. The van der Waals surface area contributed by atoms with E-state index in [1.807, 2.05) is 4.90 Å². The van der Waals surface area contributed by atoms with Gasteiger partial charge in [0.15, 0.2) is 0 Å². The van der Waals surface area contributed by atoms with Crippen molar-refractivity contribution in [2.75, 3.05) is 31.2 Å². The molecule has 7 nitrogen and oxygen atoms in total. The molecule has 2 aliphatic rings. The van der Waals surface area contributed by atoms with Crippen LogP contribution in [0.5, 0.6) is 0 Å². The first-order chi connectivity index (χ1) is 10.1. The fourth-order valence-electron chi connectivity index (χ4n) is 2.39. The average Bonchev–Trinajstić information content (AvgIpc) is 3.31. The summed E-state index contributed by atoms with van der Waals surface area (Å²) < 4.78 is 5.31. The molecule has 21 heavy (non-hydrogen) atoms. The van der Waals surface area contributed by atoms with Gasteiger partial charge >= 0.3 is 0 Å². The Kier molecular flexibility index (Phi) is 3.74. The van der Waals surface area contributed by atoms with Crippen molar-refractivity contribution in [1.29, 1.82) is 0 Å². The van der Waals surface area contributed by atoms with E-state index in [0.717, 1.165) is 18.5 Å². The minimum Gasteiger partial charge on any atom is -0.378 e. The Morgan fingerprint density at radius 1 is 1.33 bits per heavy atom. The summed E-state index contributed by atoms with van der Waals surface area (Å²) in [5.41, 5.74) is 1.05. The van der Waals surface area contributed by atoms with Crippen molar-refractivity contribution in [3.05, 3.63) is 33.9 Å². The van der Waals surface area contributed by atoms with Crippen LogP contribution in [0, 0.1) is 10.1 Å². The van der Waals surface area contributed by atoms with Crippen LogP contribution in [0.4, 0.5) is 11.4 Å². The van der Waals surface area contributed by atoms with Crippen LogP contribution >= 0.6 is 0 Å². The van der Waals surface area contributed by atoms with Crippen molar-refractivity contribution in [3.8, 4) is 0 Å². The first kappa shape index (κ1) is 13.8. The third kappa shape index (κ3) is 3.13. The lowest BCUT2D eigenvalue weighted by Crippen LogP contribution is -2.38. The van der Waals surface area contributed by atoms with Gasteiger partial charge in [-0.05, 0) is 18.9 Å². The lowest BCUT2D eigenvalue weighted by Gasteiger charge is -2.30. The zero-order valence-corrected chi connectivity index (χ0v) is 11.6. The molecule has 0 atom stereocenters. The lowest BCUT2D eigenvalue weighted by atomic mass is 10.1. The van der Waals surface area contributed by atoms with Gasteiger partial charge in [-0.1, -0.05) is 0 Å². The van der Waals surface area contributed by atoms with E-state index in [1.54, 1.807) is 6.07 Å². The number of benzene rings is 1. The van der Waals surface area contributed by atoms with Gasteiger partial charge in [0.25, 0.3) is 11.6 Å². The fraction of sp³-hybridized carbons (Fsp3) is 0.500. The standard InChI is InChI=1S/C14H17N3O4/c18-14(15-10-1-2-10)12-9-11(17(19)20)3-4-13(12)16-5-7-21-8-6-16/h3-4,9-10H,1-2,5-8H2,(H,15,18). The molecular formula is C14H17N3O4. The summed E-state index contributed by atoms with van der Waals surface area (Å²) in [5.74, 6) is -0.234. The van der Waals surface area contributed by atoms with Crippen LogP contribution in [0.1, 0.15) is 23.2 Å². The van der Waals surface area contributed by atoms with Gasteiger partial charge in [-0.15, -0.1) is 0 Å². The number of hydrogen-bond donors (Lipinski definition) is 1. The molecule has 1 aromatic rings. The average molecular weight is 291 g/mol. The molecule has 2 fully saturated rings. The smallest absolute Gasteiger partial charge is 0.270 e. The second kappa shape index (κ2) is 5.69. The monoisotopic (exact) mass is 291 g/mol. The summed E-state index contributed by atoms with van der Waals surface area (Å²) in [6.07, 6.45) is 1.96. The summed E-state index contributed by atoms with van der Waals surface area (Å²) in [6.45, 7) is 2.56. The third-order valence-electron chi connectivity index (χ3n) is 3.70. The van der Waals surface area contributed by atoms with Crippen molar-refractivity contribution in [2.24, 2.45) is 0 Å². The zero-order chi connectivity index (χ0) is 14.8. The second-order valence-corrected chi connectivity index (χ2v) is 5.31. The van der Waals surface area contributed by atoms with Gasteiger partial charge in [-0.25, -0.2) is 0 Å². The highest BCUT2D eigenvalue weighted by Crippen LogP contribution is 2.28. The highest BCUT2D eigenvalue weighted by atomic mass is 16.6. The lowest BCUT2D eigenvalue weighted by molar-refractivity contribution is -0.384. The molecule has 0 radical (unpaired) electrons. The Morgan fingerprint density at radius 3 is 2.67 bits per heavy atom. The van der Waals surface area contributed by atoms with Gasteiger partial charge in [0, 0.05) is 31.3 Å². The zero-order valence-electron chi connectivity index (χ0n) is 11.6. The van der Waals surface area contributed by atoms with Crippen LogP contribution in [0.2, 0.25) is 0 Å². The summed E-state index contributed by atoms with van der Waals surface area (Å²) in [6, 6.07) is 4.68. The van der Waals surface area contributed by atoms with Gasteiger partial charge in [0.1, 0.15) is 0 Å². The second-order valence-electron chi connectivity index (χ2n) is 5.31. The largest absolute Gasteiger partial charge is 0.378 e. The number of amides is 1. The summed E-state index contributed by atoms with van der Waals surface area (Å²) in [7, 11) is 0. The molecule has 0 bridgehead atoms. The first-order valence-electron chi connectivity index (χ1n) is 7.07. The van der Waals surface area contributed by atoms with Crippen LogP contribution in [0.15, 0.2) is 18.2 Å².